The van der Waals surface area contributed by atoms with Crippen LogP contribution in [0.4, 0.5) is 5.82 Å². The molecule has 0 saturated carbocycles. The highest BCUT2D eigenvalue weighted by atomic mass is 16.5. The van der Waals surface area contributed by atoms with Gasteiger partial charge in [0.2, 0.25) is 0 Å². The summed E-state index contributed by atoms with van der Waals surface area (Å²) < 4.78 is 5.37. The molecule has 0 fully saturated rings. The van der Waals surface area contributed by atoms with Gasteiger partial charge in [-0.1, -0.05) is 13.8 Å². The predicted octanol–water partition coefficient (Wildman–Crippen LogP) is 3.17. The van der Waals surface area contributed by atoms with Crippen LogP contribution in [0.5, 0.6) is 5.75 Å². The van der Waals surface area contributed by atoms with Crippen LogP contribution in [0.25, 0.3) is 11.4 Å². The van der Waals surface area contributed by atoms with Gasteiger partial charge in [-0.25, -0.2) is 9.97 Å². The normalized spacial score (nSPS) is 10.8. The van der Waals surface area contributed by atoms with Gasteiger partial charge in [-0.3, -0.25) is 0 Å². The molecule has 0 bridgehead atoms. The number of anilines is 1. The number of hydrogen-bond acceptors (Lipinski definition) is 4. The SMILES string of the molecule is COc1ccc(-c2ncc(C)c(N)n2)cc1C(C)C. The fraction of sp³-hybridized carbons (Fsp3) is 0.333. The summed E-state index contributed by atoms with van der Waals surface area (Å²) in [6, 6.07) is 5.96. The summed E-state index contributed by atoms with van der Waals surface area (Å²) in [6.45, 7) is 6.16. The second kappa shape index (κ2) is 5.26. The van der Waals surface area contributed by atoms with Crippen LogP contribution in [0, 0.1) is 6.92 Å². The molecule has 4 heteroatoms. The van der Waals surface area contributed by atoms with Crippen LogP contribution in [0.1, 0.15) is 30.9 Å². The summed E-state index contributed by atoms with van der Waals surface area (Å²) in [4.78, 5) is 8.66. The van der Waals surface area contributed by atoms with Gasteiger partial charge in [0.05, 0.1) is 7.11 Å². The number of hydrogen-bond donors (Lipinski definition) is 1. The van der Waals surface area contributed by atoms with Gasteiger partial charge in [-0.15, -0.1) is 0 Å². The summed E-state index contributed by atoms with van der Waals surface area (Å²) >= 11 is 0. The Labute approximate surface area is 113 Å². The molecule has 0 amide bonds. The van der Waals surface area contributed by atoms with Gasteiger partial charge >= 0.3 is 0 Å². The quantitative estimate of drug-likeness (QED) is 0.917. The second-order valence-corrected chi connectivity index (χ2v) is 4.87. The first-order valence-electron chi connectivity index (χ1n) is 6.30. The van der Waals surface area contributed by atoms with Crippen LogP contribution in [-0.2, 0) is 0 Å². The Hall–Kier alpha value is -2.10. The molecule has 0 aliphatic carbocycles. The third kappa shape index (κ3) is 2.67. The molecule has 19 heavy (non-hydrogen) atoms. The minimum atomic E-state index is 0.373. The van der Waals surface area contributed by atoms with Crippen molar-refractivity contribution >= 4 is 5.82 Å². The smallest absolute Gasteiger partial charge is 0.161 e. The Morgan fingerprint density at radius 2 is 2.00 bits per heavy atom. The number of aromatic nitrogens is 2. The fourth-order valence-corrected chi connectivity index (χ4v) is 1.92. The molecule has 0 aliphatic heterocycles. The standard InChI is InChI=1S/C15H19N3O/c1-9(2)12-7-11(5-6-13(12)19-4)15-17-8-10(3)14(16)18-15/h5-9H,1-4H3,(H2,16,17,18). The molecular weight excluding hydrogens is 238 g/mol. The van der Waals surface area contributed by atoms with Crippen molar-refractivity contribution in [2.24, 2.45) is 0 Å². The van der Waals surface area contributed by atoms with E-state index in [9.17, 15) is 0 Å². The first-order chi connectivity index (χ1) is 9.02. The van der Waals surface area contributed by atoms with E-state index in [0.717, 1.165) is 22.4 Å². The lowest BCUT2D eigenvalue weighted by Crippen LogP contribution is -2.00. The van der Waals surface area contributed by atoms with Crippen molar-refractivity contribution in [3.63, 3.8) is 0 Å². The molecule has 100 valence electrons. The second-order valence-electron chi connectivity index (χ2n) is 4.87. The van der Waals surface area contributed by atoms with Crippen LogP contribution in [0.15, 0.2) is 24.4 Å². The third-order valence-electron chi connectivity index (χ3n) is 3.12. The lowest BCUT2D eigenvalue weighted by molar-refractivity contribution is 0.407. The van der Waals surface area contributed by atoms with Crippen LogP contribution in [0.2, 0.25) is 0 Å². The summed E-state index contributed by atoms with van der Waals surface area (Å²) in [7, 11) is 1.68. The number of aryl methyl sites for hydroxylation is 1. The number of methoxy groups -OCH3 is 1. The van der Waals surface area contributed by atoms with Crippen molar-refractivity contribution in [1.82, 2.24) is 9.97 Å². The van der Waals surface area contributed by atoms with E-state index >= 15 is 0 Å². The molecule has 2 aromatic rings. The van der Waals surface area contributed by atoms with Crippen LogP contribution in [0.3, 0.4) is 0 Å². The van der Waals surface area contributed by atoms with E-state index in [0.29, 0.717) is 17.6 Å². The molecule has 0 spiro atoms. The number of rotatable bonds is 3. The monoisotopic (exact) mass is 257 g/mol. The fourth-order valence-electron chi connectivity index (χ4n) is 1.92. The van der Waals surface area contributed by atoms with E-state index in [1.165, 1.54) is 0 Å². The van der Waals surface area contributed by atoms with Crippen molar-refractivity contribution in [2.75, 3.05) is 12.8 Å². The molecule has 0 radical (unpaired) electrons. The zero-order chi connectivity index (χ0) is 14.0. The van der Waals surface area contributed by atoms with E-state index in [4.69, 9.17) is 10.5 Å². The van der Waals surface area contributed by atoms with Crippen molar-refractivity contribution in [3.8, 4) is 17.1 Å². The number of benzene rings is 1. The predicted molar refractivity (Wildman–Crippen MR) is 77.3 cm³/mol. The topological polar surface area (TPSA) is 61.0 Å². The number of nitrogens with two attached hydrogens (primary N) is 1. The first-order valence-corrected chi connectivity index (χ1v) is 6.30. The van der Waals surface area contributed by atoms with E-state index in [-0.39, 0.29) is 0 Å². The van der Waals surface area contributed by atoms with Crippen molar-refractivity contribution < 1.29 is 4.74 Å². The van der Waals surface area contributed by atoms with Gasteiger partial charge in [0, 0.05) is 17.3 Å². The van der Waals surface area contributed by atoms with Crippen molar-refractivity contribution in [2.45, 2.75) is 26.7 Å². The molecule has 0 unspecified atom stereocenters. The molecule has 1 heterocycles. The Balaban J connectivity index is 2.50. The summed E-state index contributed by atoms with van der Waals surface area (Å²) in [6.07, 6.45) is 1.75. The molecule has 0 saturated heterocycles. The maximum absolute atomic E-state index is 5.84. The zero-order valence-corrected chi connectivity index (χ0v) is 11.8. The van der Waals surface area contributed by atoms with Gasteiger partial charge in [0.25, 0.3) is 0 Å². The molecule has 2 rings (SSSR count). The van der Waals surface area contributed by atoms with Crippen LogP contribution < -0.4 is 10.5 Å². The summed E-state index contributed by atoms with van der Waals surface area (Å²) in [5, 5.41) is 0. The maximum atomic E-state index is 5.84. The molecule has 4 nitrogen and oxygen atoms in total. The third-order valence-corrected chi connectivity index (χ3v) is 3.12. The van der Waals surface area contributed by atoms with Crippen LogP contribution >= 0.6 is 0 Å². The zero-order valence-electron chi connectivity index (χ0n) is 11.8. The maximum Gasteiger partial charge on any atom is 0.161 e. The van der Waals surface area contributed by atoms with E-state index in [1.807, 2.05) is 19.1 Å². The minimum Gasteiger partial charge on any atom is -0.496 e. The van der Waals surface area contributed by atoms with Gasteiger partial charge < -0.3 is 10.5 Å². The number of ether oxygens (including phenoxy) is 1. The van der Waals surface area contributed by atoms with E-state index in [1.54, 1.807) is 13.3 Å². The summed E-state index contributed by atoms with van der Waals surface area (Å²) in [5.74, 6) is 2.43. The highest BCUT2D eigenvalue weighted by Crippen LogP contribution is 2.30. The van der Waals surface area contributed by atoms with Gasteiger partial charge in [-0.2, -0.15) is 0 Å². The average molecular weight is 257 g/mol. The first kappa shape index (κ1) is 13.3. The lowest BCUT2D eigenvalue weighted by Gasteiger charge is -2.13. The highest BCUT2D eigenvalue weighted by molar-refractivity contribution is 5.61. The van der Waals surface area contributed by atoms with E-state index < -0.39 is 0 Å². The molecule has 2 N–H and O–H groups in total. The molecule has 0 aliphatic rings. The van der Waals surface area contributed by atoms with Crippen molar-refractivity contribution in [3.05, 3.63) is 35.5 Å². The molecule has 1 aromatic heterocycles. The van der Waals surface area contributed by atoms with E-state index in [2.05, 4.69) is 29.9 Å². The minimum absolute atomic E-state index is 0.373. The number of nitrogen functional groups attached to an aromatic ring is 1. The Kier molecular flexibility index (Phi) is 3.69. The van der Waals surface area contributed by atoms with Crippen molar-refractivity contribution in [1.29, 1.82) is 0 Å². The molecule has 0 atom stereocenters. The van der Waals surface area contributed by atoms with Gasteiger partial charge in [-0.05, 0) is 36.6 Å². The highest BCUT2D eigenvalue weighted by Gasteiger charge is 2.11. The number of nitrogens with zero attached hydrogens (tertiary/aromatic N) is 2. The molecular formula is C15H19N3O. The Morgan fingerprint density at radius 3 is 2.58 bits per heavy atom. The summed E-state index contributed by atoms with van der Waals surface area (Å²) in [5.41, 5.74) is 8.82. The average Bonchev–Trinajstić information content (AvgIpc) is 2.41. The van der Waals surface area contributed by atoms with Gasteiger partial charge in [0.1, 0.15) is 11.6 Å². The Bertz CT molecular complexity index is 594. The van der Waals surface area contributed by atoms with Crippen LogP contribution in [-0.4, -0.2) is 17.1 Å². The molecule has 1 aromatic carbocycles. The largest absolute Gasteiger partial charge is 0.496 e. The Morgan fingerprint density at radius 1 is 1.26 bits per heavy atom. The lowest BCUT2D eigenvalue weighted by atomic mass is 9.99. The van der Waals surface area contributed by atoms with Gasteiger partial charge in [0.15, 0.2) is 5.82 Å².